The van der Waals surface area contributed by atoms with Crippen molar-refractivity contribution in [1.82, 2.24) is 15.1 Å². The zero-order valence-electron chi connectivity index (χ0n) is 16.1. The predicted octanol–water partition coefficient (Wildman–Crippen LogP) is 2.15. The van der Waals surface area contributed by atoms with Gasteiger partial charge in [-0.2, -0.15) is 5.10 Å². The molecule has 1 aromatic carbocycles. The molecule has 1 fully saturated rings. The number of rotatable bonds is 6. The van der Waals surface area contributed by atoms with Crippen molar-refractivity contribution in [2.45, 2.75) is 25.3 Å². The summed E-state index contributed by atoms with van der Waals surface area (Å²) in [6.45, 7) is 3.94. The van der Waals surface area contributed by atoms with Crippen LogP contribution >= 0.6 is 0 Å². The van der Waals surface area contributed by atoms with Gasteiger partial charge in [-0.3, -0.25) is 14.8 Å². The van der Waals surface area contributed by atoms with Crippen LogP contribution in [0.1, 0.15) is 30.0 Å². The molecule has 150 valence electrons. The average Bonchev–Trinajstić information content (AvgIpc) is 3.17. The fraction of sp³-hybridized carbons (Fsp3) is 0.500. The van der Waals surface area contributed by atoms with Gasteiger partial charge in [-0.1, -0.05) is 12.1 Å². The second-order valence-electron chi connectivity index (χ2n) is 7.19. The molecule has 2 aromatic rings. The number of piperidine rings is 1. The van der Waals surface area contributed by atoms with Crippen molar-refractivity contribution in [3.05, 3.63) is 35.7 Å². The summed E-state index contributed by atoms with van der Waals surface area (Å²) < 4.78 is 16.4. The topological polar surface area (TPSA) is 88.7 Å². The highest BCUT2D eigenvalue weighted by Crippen LogP contribution is 2.36. The fourth-order valence-electron chi connectivity index (χ4n) is 3.96. The minimum absolute atomic E-state index is 0.0304. The number of aromatic amines is 1. The van der Waals surface area contributed by atoms with E-state index in [1.807, 2.05) is 12.1 Å². The van der Waals surface area contributed by atoms with E-state index >= 15 is 0 Å². The molecule has 8 nitrogen and oxygen atoms in total. The number of likely N-dealkylation sites (tertiary alicyclic amines) is 1. The lowest BCUT2D eigenvalue weighted by Gasteiger charge is -2.33. The number of aromatic nitrogens is 2. The van der Waals surface area contributed by atoms with Crippen LogP contribution in [0.2, 0.25) is 0 Å². The van der Waals surface area contributed by atoms with Crippen LogP contribution in [0.4, 0.5) is 5.69 Å². The molecule has 2 aliphatic heterocycles. The number of para-hydroxylation sites is 1. The Morgan fingerprint density at radius 2 is 2.29 bits per heavy atom. The van der Waals surface area contributed by atoms with Crippen LogP contribution in [0.3, 0.4) is 0 Å². The number of carbonyl (C=O) groups excluding carboxylic acids is 1. The van der Waals surface area contributed by atoms with E-state index in [-0.39, 0.29) is 18.4 Å². The number of carbonyl (C=O) groups is 1. The first-order valence-corrected chi connectivity index (χ1v) is 9.66. The molecule has 0 saturated carbocycles. The number of methoxy groups -OCH3 is 1. The predicted molar refractivity (Wildman–Crippen MR) is 104 cm³/mol. The van der Waals surface area contributed by atoms with Gasteiger partial charge in [0.25, 0.3) is 0 Å². The lowest BCUT2D eigenvalue weighted by atomic mass is 9.93. The van der Waals surface area contributed by atoms with Crippen LogP contribution in [0.25, 0.3) is 0 Å². The van der Waals surface area contributed by atoms with E-state index in [9.17, 15) is 4.79 Å². The molecule has 1 saturated heterocycles. The van der Waals surface area contributed by atoms with Crippen molar-refractivity contribution in [1.29, 1.82) is 0 Å². The van der Waals surface area contributed by atoms with E-state index in [2.05, 4.69) is 26.5 Å². The second-order valence-corrected chi connectivity index (χ2v) is 7.19. The summed E-state index contributed by atoms with van der Waals surface area (Å²) in [5.74, 6) is 1.80. The van der Waals surface area contributed by atoms with Gasteiger partial charge in [0, 0.05) is 31.7 Å². The molecule has 0 bridgehead atoms. The summed E-state index contributed by atoms with van der Waals surface area (Å²) >= 11 is 0. The van der Waals surface area contributed by atoms with Crippen molar-refractivity contribution in [3.63, 3.8) is 0 Å². The summed E-state index contributed by atoms with van der Waals surface area (Å²) in [5.41, 5.74) is 2.86. The fourth-order valence-corrected chi connectivity index (χ4v) is 3.96. The van der Waals surface area contributed by atoms with E-state index in [4.69, 9.17) is 14.2 Å². The molecule has 2 aliphatic rings. The first-order chi connectivity index (χ1) is 13.7. The summed E-state index contributed by atoms with van der Waals surface area (Å²) in [4.78, 5) is 14.3. The Labute approximate surface area is 164 Å². The van der Waals surface area contributed by atoms with Crippen LogP contribution < -0.4 is 14.8 Å². The van der Waals surface area contributed by atoms with Gasteiger partial charge in [0.1, 0.15) is 19.8 Å². The van der Waals surface area contributed by atoms with Crippen molar-refractivity contribution in [2.24, 2.45) is 0 Å². The Hall–Kier alpha value is -2.58. The van der Waals surface area contributed by atoms with E-state index < -0.39 is 0 Å². The standard InChI is InChI=1S/C20H26N4O4/c1-26-13-18(25)22-16-10-21-23-19(16)14-5-3-7-24(11-14)12-15-4-2-6-17-20(15)28-9-8-27-17/h2,4,6,10,14H,3,5,7-9,11-13H2,1H3,(H,21,23)(H,22,25)/t14-/m1/s1. The number of benzene rings is 1. The molecule has 0 aliphatic carbocycles. The molecule has 2 N–H and O–H groups in total. The zero-order chi connectivity index (χ0) is 19.3. The summed E-state index contributed by atoms with van der Waals surface area (Å²) in [6, 6.07) is 6.07. The molecular weight excluding hydrogens is 360 g/mol. The largest absolute Gasteiger partial charge is 0.486 e. The average molecular weight is 386 g/mol. The molecule has 0 radical (unpaired) electrons. The van der Waals surface area contributed by atoms with Gasteiger partial charge in [0.05, 0.1) is 17.6 Å². The first kappa shape index (κ1) is 18.8. The van der Waals surface area contributed by atoms with Gasteiger partial charge in [-0.25, -0.2) is 0 Å². The highest BCUT2D eigenvalue weighted by Gasteiger charge is 2.26. The summed E-state index contributed by atoms with van der Waals surface area (Å²) in [5, 5.41) is 10.1. The van der Waals surface area contributed by atoms with Gasteiger partial charge in [0.15, 0.2) is 11.5 Å². The van der Waals surface area contributed by atoms with E-state index in [1.54, 1.807) is 6.20 Å². The lowest BCUT2D eigenvalue weighted by Crippen LogP contribution is -2.34. The molecule has 0 unspecified atom stereocenters. The lowest BCUT2D eigenvalue weighted by molar-refractivity contribution is -0.119. The minimum atomic E-state index is -0.175. The summed E-state index contributed by atoms with van der Waals surface area (Å²) in [6.07, 6.45) is 3.81. The summed E-state index contributed by atoms with van der Waals surface area (Å²) in [7, 11) is 1.51. The van der Waals surface area contributed by atoms with Crippen molar-refractivity contribution >= 4 is 11.6 Å². The number of H-pyrrole nitrogens is 1. The SMILES string of the molecule is COCC(=O)Nc1cn[nH]c1[C@@H]1CCCN(Cc2cccc3c2OCCO3)C1. The highest BCUT2D eigenvalue weighted by molar-refractivity contribution is 5.92. The number of nitrogens with zero attached hydrogens (tertiary/aromatic N) is 2. The molecule has 1 amide bonds. The number of ether oxygens (including phenoxy) is 3. The maximum Gasteiger partial charge on any atom is 0.250 e. The van der Waals surface area contributed by atoms with Gasteiger partial charge < -0.3 is 19.5 Å². The Morgan fingerprint density at radius 3 is 3.18 bits per heavy atom. The molecule has 28 heavy (non-hydrogen) atoms. The van der Waals surface area contributed by atoms with Gasteiger partial charge in [-0.05, 0) is 25.5 Å². The smallest absolute Gasteiger partial charge is 0.250 e. The first-order valence-electron chi connectivity index (χ1n) is 9.66. The van der Waals surface area contributed by atoms with Crippen LogP contribution in [0.5, 0.6) is 11.5 Å². The Balaban J connectivity index is 1.45. The maximum absolute atomic E-state index is 11.9. The molecule has 3 heterocycles. The van der Waals surface area contributed by atoms with Crippen molar-refractivity contribution in [3.8, 4) is 11.5 Å². The van der Waals surface area contributed by atoms with E-state index in [0.29, 0.717) is 13.2 Å². The number of anilines is 1. The number of hydrogen-bond acceptors (Lipinski definition) is 6. The van der Waals surface area contributed by atoms with Crippen molar-refractivity contribution < 1.29 is 19.0 Å². The molecule has 8 heteroatoms. The molecule has 1 aromatic heterocycles. The van der Waals surface area contributed by atoms with Crippen LogP contribution in [-0.2, 0) is 16.1 Å². The third-order valence-electron chi connectivity index (χ3n) is 5.17. The van der Waals surface area contributed by atoms with Gasteiger partial charge in [0.2, 0.25) is 5.91 Å². The number of amides is 1. The third kappa shape index (κ3) is 4.13. The normalized spacial score (nSPS) is 19.4. The van der Waals surface area contributed by atoms with Gasteiger partial charge in [-0.15, -0.1) is 0 Å². The second kappa shape index (κ2) is 8.62. The van der Waals surface area contributed by atoms with E-state index in [1.165, 1.54) is 7.11 Å². The van der Waals surface area contributed by atoms with Crippen LogP contribution in [0, 0.1) is 0 Å². The molecule has 0 spiro atoms. The maximum atomic E-state index is 11.9. The van der Waals surface area contributed by atoms with Crippen molar-refractivity contribution in [2.75, 3.05) is 45.3 Å². The number of fused-ring (bicyclic) bond motifs is 1. The molecular formula is C20H26N4O4. The third-order valence-corrected chi connectivity index (χ3v) is 5.17. The quantitative estimate of drug-likeness (QED) is 0.791. The van der Waals surface area contributed by atoms with Gasteiger partial charge >= 0.3 is 0 Å². The van der Waals surface area contributed by atoms with Crippen LogP contribution in [-0.4, -0.2) is 61.0 Å². The highest BCUT2D eigenvalue weighted by atomic mass is 16.6. The number of hydrogen-bond donors (Lipinski definition) is 2. The Kier molecular flexibility index (Phi) is 5.78. The molecule has 4 rings (SSSR count). The minimum Gasteiger partial charge on any atom is -0.486 e. The monoisotopic (exact) mass is 386 g/mol. The van der Waals surface area contributed by atoms with Crippen LogP contribution in [0.15, 0.2) is 24.4 Å². The Morgan fingerprint density at radius 1 is 1.39 bits per heavy atom. The molecule has 1 atom stereocenters. The van der Waals surface area contributed by atoms with E-state index in [0.717, 1.165) is 60.9 Å². The zero-order valence-corrected chi connectivity index (χ0v) is 16.1. The number of nitrogens with one attached hydrogen (secondary N) is 2. The Bertz CT molecular complexity index is 822.